The van der Waals surface area contributed by atoms with Crippen molar-refractivity contribution in [2.45, 2.75) is 26.4 Å². The van der Waals surface area contributed by atoms with Crippen molar-refractivity contribution >= 4 is 33.0 Å². The van der Waals surface area contributed by atoms with Gasteiger partial charge in [0.15, 0.2) is 0 Å². The average molecular weight is 399 g/mol. The van der Waals surface area contributed by atoms with Gasteiger partial charge in [-0.2, -0.15) is 8.42 Å². The Hall–Kier alpha value is -2.64. The highest BCUT2D eigenvalue weighted by atomic mass is 32.2. The summed E-state index contributed by atoms with van der Waals surface area (Å²) in [5.74, 6) is 0.467. The lowest BCUT2D eigenvalue weighted by Gasteiger charge is -2.07. The van der Waals surface area contributed by atoms with E-state index in [1.54, 1.807) is 0 Å². The molecule has 2 aromatic carbocycles. The van der Waals surface area contributed by atoms with Crippen LogP contribution in [-0.4, -0.2) is 27.2 Å². The Morgan fingerprint density at radius 2 is 1.96 bits per heavy atom. The van der Waals surface area contributed by atoms with E-state index in [0.29, 0.717) is 30.8 Å². The SMILES string of the molecule is Cc1ccc2c(c1)/C(=C1\OCc3cc(CCCOS(C)(=O)=O)ccc31)C(=O)N2. The second-order valence-corrected chi connectivity index (χ2v) is 8.76. The standard InChI is InChI=1S/C21H21NO5S/c1-13-5-8-18-17(10-13)19(21(23)22-18)20-16-7-6-14(11-15(16)12-26-20)4-3-9-27-28(2,24)25/h5-8,10-11H,3-4,9,12H2,1-2H3,(H,22,23)/b20-19+. The Morgan fingerprint density at radius 3 is 2.75 bits per heavy atom. The molecule has 0 fully saturated rings. The first-order valence-corrected chi connectivity index (χ1v) is 10.9. The monoisotopic (exact) mass is 399 g/mol. The van der Waals surface area contributed by atoms with Crippen molar-refractivity contribution in [3.63, 3.8) is 0 Å². The average Bonchev–Trinajstić information content (AvgIpc) is 3.17. The van der Waals surface area contributed by atoms with Crippen molar-refractivity contribution < 1.29 is 22.1 Å². The maximum atomic E-state index is 12.5. The summed E-state index contributed by atoms with van der Waals surface area (Å²) in [6, 6.07) is 11.9. The molecule has 0 bridgehead atoms. The molecule has 0 aromatic heterocycles. The van der Waals surface area contributed by atoms with E-state index in [0.717, 1.165) is 39.8 Å². The van der Waals surface area contributed by atoms with Crippen LogP contribution in [0.15, 0.2) is 36.4 Å². The van der Waals surface area contributed by atoms with E-state index in [1.165, 1.54) is 0 Å². The van der Waals surface area contributed by atoms with E-state index in [2.05, 4.69) is 5.32 Å². The molecule has 28 heavy (non-hydrogen) atoms. The lowest BCUT2D eigenvalue weighted by atomic mass is 9.97. The minimum absolute atomic E-state index is 0.148. The molecule has 4 rings (SSSR count). The van der Waals surface area contributed by atoms with Gasteiger partial charge in [-0.1, -0.05) is 29.8 Å². The van der Waals surface area contributed by atoms with Gasteiger partial charge in [0.1, 0.15) is 12.4 Å². The second-order valence-electron chi connectivity index (χ2n) is 7.12. The minimum atomic E-state index is -3.40. The Balaban J connectivity index is 1.58. The van der Waals surface area contributed by atoms with Crippen LogP contribution in [0.1, 0.15) is 34.2 Å². The fourth-order valence-electron chi connectivity index (χ4n) is 3.57. The predicted molar refractivity (Wildman–Crippen MR) is 107 cm³/mol. The molecule has 0 spiro atoms. The summed E-state index contributed by atoms with van der Waals surface area (Å²) in [4.78, 5) is 12.5. The van der Waals surface area contributed by atoms with Crippen molar-refractivity contribution in [1.82, 2.24) is 0 Å². The number of fused-ring (bicyclic) bond motifs is 2. The van der Waals surface area contributed by atoms with Gasteiger partial charge in [0.05, 0.1) is 18.4 Å². The molecular weight excluding hydrogens is 378 g/mol. The first kappa shape index (κ1) is 18.7. The Labute approximate surface area is 164 Å². The van der Waals surface area contributed by atoms with Gasteiger partial charge in [-0.05, 0) is 37.5 Å². The van der Waals surface area contributed by atoms with Gasteiger partial charge in [-0.3, -0.25) is 8.98 Å². The molecule has 1 N–H and O–H groups in total. The molecule has 0 saturated heterocycles. The third-order valence-corrected chi connectivity index (χ3v) is 5.44. The summed E-state index contributed by atoms with van der Waals surface area (Å²) in [7, 11) is -3.40. The molecule has 2 aliphatic rings. The zero-order chi connectivity index (χ0) is 19.9. The maximum absolute atomic E-state index is 12.5. The third-order valence-electron chi connectivity index (χ3n) is 4.84. The minimum Gasteiger partial charge on any atom is -0.487 e. The number of amides is 1. The molecule has 0 aliphatic carbocycles. The third kappa shape index (κ3) is 3.68. The van der Waals surface area contributed by atoms with Crippen molar-refractivity contribution in [2.24, 2.45) is 0 Å². The number of hydrogen-bond acceptors (Lipinski definition) is 5. The molecule has 0 saturated carbocycles. The summed E-state index contributed by atoms with van der Waals surface area (Å²) in [5, 5.41) is 2.90. The van der Waals surface area contributed by atoms with E-state index in [1.807, 2.05) is 43.3 Å². The fourth-order valence-corrected chi connectivity index (χ4v) is 3.99. The topological polar surface area (TPSA) is 81.7 Å². The quantitative estimate of drug-likeness (QED) is 0.474. The number of benzene rings is 2. The van der Waals surface area contributed by atoms with Crippen LogP contribution >= 0.6 is 0 Å². The molecule has 0 unspecified atom stereocenters. The lowest BCUT2D eigenvalue weighted by molar-refractivity contribution is -0.110. The summed E-state index contributed by atoms with van der Waals surface area (Å²) >= 11 is 0. The highest BCUT2D eigenvalue weighted by Crippen LogP contribution is 2.42. The van der Waals surface area contributed by atoms with Crippen molar-refractivity contribution in [1.29, 1.82) is 0 Å². The van der Waals surface area contributed by atoms with E-state index in [9.17, 15) is 13.2 Å². The number of aryl methyl sites for hydroxylation is 2. The second kappa shape index (κ2) is 7.07. The number of anilines is 1. The summed E-state index contributed by atoms with van der Waals surface area (Å²) in [5.41, 5.74) is 6.36. The zero-order valence-electron chi connectivity index (χ0n) is 15.7. The predicted octanol–water partition coefficient (Wildman–Crippen LogP) is 3.25. The maximum Gasteiger partial charge on any atom is 0.264 e. The van der Waals surface area contributed by atoms with Crippen molar-refractivity contribution in [3.05, 3.63) is 64.2 Å². The van der Waals surface area contributed by atoms with E-state index in [-0.39, 0.29) is 12.5 Å². The normalized spacial score (nSPS) is 17.9. The van der Waals surface area contributed by atoms with Crippen LogP contribution in [0.25, 0.3) is 11.3 Å². The summed E-state index contributed by atoms with van der Waals surface area (Å²) in [6.07, 6.45) is 2.36. The first-order chi connectivity index (χ1) is 13.3. The molecular formula is C21H21NO5S. The van der Waals surface area contributed by atoms with Gasteiger partial charge < -0.3 is 10.1 Å². The Morgan fingerprint density at radius 1 is 1.14 bits per heavy atom. The molecule has 146 valence electrons. The number of carbonyl (C=O) groups is 1. The summed E-state index contributed by atoms with van der Waals surface area (Å²) in [6.45, 7) is 2.57. The molecule has 2 heterocycles. The van der Waals surface area contributed by atoms with Gasteiger partial charge in [0.2, 0.25) is 0 Å². The zero-order valence-corrected chi connectivity index (χ0v) is 16.6. The molecule has 2 aliphatic heterocycles. The molecule has 0 atom stereocenters. The highest BCUT2D eigenvalue weighted by molar-refractivity contribution is 7.85. The van der Waals surface area contributed by atoms with Crippen LogP contribution in [0.4, 0.5) is 5.69 Å². The van der Waals surface area contributed by atoms with Crippen LogP contribution in [0.3, 0.4) is 0 Å². The molecule has 1 amide bonds. The number of ether oxygens (including phenoxy) is 1. The van der Waals surface area contributed by atoms with E-state index in [4.69, 9.17) is 8.92 Å². The Bertz CT molecular complexity index is 1100. The van der Waals surface area contributed by atoms with Crippen molar-refractivity contribution in [3.8, 4) is 0 Å². The first-order valence-electron chi connectivity index (χ1n) is 9.08. The van der Waals surface area contributed by atoms with Gasteiger partial charge in [0, 0.05) is 22.4 Å². The molecule has 0 radical (unpaired) electrons. The van der Waals surface area contributed by atoms with E-state index < -0.39 is 10.1 Å². The van der Waals surface area contributed by atoms with Gasteiger partial charge in [-0.25, -0.2) is 0 Å². The largest absolute Gasteiger partial charge is 0.487 e. The number of hydrogen-bond donors (Lipinski definition) is 1. The lowest BCUT2D eigenvalue weighted by Crippen LogP contribution is -2.05. The van der Waals surface area contributed by atoms with Gasteiger partial charge in [0.25, 0.3) is 16.0 Å². The Kier molecular flexibility index (Phi) is 4.72. The van der Waals surface area contributed by atoms with Gasteiger partial charge >= 0.3 is 0 Å². The highest BCUT2D eigenvalue weighted by Gasteiger charge is 2.32. The molecule has 7 heteroatoms. The number of carbonyl (C=O) groups excluding carboxylic acids is 1. The summed E-state index contributed by atoms with van der Waals surface area (Å²) < 4.78 is 32.7. The fraction of sp³-hybridized carbons (Fsp3) is 0.286. The van der Waals surface area contributed by atoms with E-state index >= 15 is 0 Å². The van der Waals surface area contributed by atoms with Crippen molar-refractivity contribution in [2.75, 3.05) is 18.2 Å². The van der Waals surface area contributed by atoms with Gasteiger partial charge in [-0.15, -0.1) is 0 Å². The van der Waals surface area contributed by atoms with Crippen LogP contribution in [0.5, 0.6) is 0 Å². The number of rotatable bonds is 5. The molecule has 2 aromatic rings. The van der Waals surface area contributed by atoms with Crippen LogP contribution in [0.2, 0.25) is 0 Å². The van der Waals surface area contributed by atoms with Crippen LogP contribution in [0, 0.1) is 6.92 Å². The molecule has 6 nitrogen and oxygen atoms in total. The van der Waals surface area contributed by atoms with Crippen LogP contribution in [-0.2, 0) is 36.9 Å². The van der Waals surface area contributed by atoms with Crippen LogP contribution < -0.4 is 5.32 Å². The smallest absolute Gasteiger partial charge is 0.264 e. The number of nitrogens with one attached hydrogen (secondary N) is 1.